The molecule has 0 aromatic heterocycles. The summed E-state index contributed by atoms with van der Waals surface area (Å²) in [6.07, 6.45) is 5.18. The number of hydrogen-bond acceptors (Lipinski definition) is 3. The molecule has 146 valence electrons. The Hall–Kier alpha value is -0.610. The van der Waals surface area contributed by atoms with Crippen LogP contribution in [0, 0.1) is 17.3 Å². The molecular weight excluding hydrogens is 310 g/mol. The fourth-order valence-corrected chi connectivity index (χ4v) is 4.33. The van der Waals surface area contributed by atoms with E-state index in [1.54, 1.807) is 0 Å². The van der Waals surface area contributed by atoms with Crippen LogP contribution in [-0.4, -0.2) is 60.5 Å². The Kier molecular flexibility index (Phi) is 6.59. The van der Waals surface area contributed by atoms with Crippen LogP contribution in [0.1, 0.15) is 67.2 Å². The molecular formula is C21H41N3O. The molecule has 0 unspecified atom stereocenters. The van der Waals surface area contributed by atoms with Gasteiger partial charge in [0.2, 0.25) is 5.91 Å². The molecule has 4 nitrogen and oxygen atoms in total. The number of piperidine rings is 1. The van der Waals surface area contributed by atoms with Gasteiger partial charge >= 0.3 is 0 Å². The summed E-state index contributed by atoms with van der Waals surface area (Å²) in [6.45, 7) is 17.1. The Bertz CT molecular complexity index is 435. The topological polar surface area (TPSA) is 35.6 Å². The summed E-state index contributed by atoms with van der Waals surface area (Å²) in [6, 6.07) is 0.690. The van der Waals surface area contributed by atoms with Gasteiger partial charge in [0.1, 0.15) is 0 Å². The molecule has 1 aliphatic heterocycles. The van der Waals surface area contributed by atoms with E-state index in [4.69, 9.17) is 0 Å². The molecule has 0 radical (unpaired) electrons. The van der Waals surface area contributed by atoms with Gasteiger partial charge in [0.05, 0.1) is 6.54 Å². The summed E-state index contributed by atoms with van der Waals surface area (Å²) in [5.41, 5.74) is 0.345. The van der Waals surface area contributed by atoms with Gasteiger partial charge in [-0.3, -0.25) is 9.69 Å². The van der Waals surface area contributed by atoms with E-state index in [-0.39, 0.29) is 11.4 Å². The normalized spacial score (nSPS) is 26.6. The number of nitrogens with zero attached hydrogens (tertiary/aromatic N) is 2. The van der Waals surface area contributed by atoms with E-state index in [1.807, 2.05) is 20.8 Å². The molecule has 0 aromatic rings. The molecule has 0 spiro atoms. The summed E-state index contributed by atoms with van der Waals surface area (Å²) >= 11 is 0. The van der Waals surface area contributed by atoms with Crippen molar-refractivity contribution in [2.45, 2.75) is 78.8 Å². The third kappa shape index (κ3) is 6.56. The largest absolute Gasteiger partial charge is 0.350 e. The van der Waals surface area contributed by atoms with E-state index in [2.05, 4.69) is 42.9 Å². The molecule has 1 heterocycles. The van der Waals surface area contributed by atoms with Crippen LogP contribution in [0.2, 0.25) is 0 Å². The first kappa shape index (κ1) is 20.7. The van der Waals surface area contributed by atoms with Crippen molar-refractivity contribution in [1.29, 1.82) is 0 Å². The zero-order valence-corrected chi connectivity index (χ0v) is 17.7. The minimum absolute atomic E-state index is 0.136. The van der Waals surface area contributed by atoms with Gasteiger partial charge in [-0.05, 0) is 70.8 Å². The number of likely N-dealkylation sites (tertiary alicyclic amines) is 1. The van der Waals surface area contributed by atoms with Crippen molar-refractivity contribution in [3.8, 4) is 0 Å². The Morgan fingerprint density at radius 3 is 2.12 bits per heavy atom. The van der Waals surface area contributed by atoms with Crippen molar-refractivity contribution >= 4 is 5.91 Å². The molecule has 25 heavy (non-hydrogen) atoms. The molecule has 2 fully saturated rings. The smallest absolute Gasteiger partial charge is 0.234 e. The van der Waals surface area contributed by atoms with Crippen LogP contribution in [0.4, 0.5) is 0 Å². The van der Waals surface area contributed by atoms with Crippen molar-refractivity contribution in [1.82, 2.24) is 15.1 Å². The van der Waals surface area contributed by atoms with Crippen molar-refractivity contribution in [2.75, 3.05) is 33.2 Å². The van der Waals surface area contributed by atoms with Crippen molar-refractivity contribution < 1.29 is 4.79 Å². The van der Waals surface area contributed by atoms with Crippen LogP contribution >= 0.6 is 0 Å². The van der Waals surface area contributed by atoms with Crippen LogP contribution in [0.3, 0.4) is 0 Å². The van der Waals surface area contributed by atoms with Gasteiger partial charge in [0.15, 0.2) is 0 Å². The lowest BCUT2D eigenvalue weighted by Crippen LogP contribution is -2.50. The van der Waals surface area contributed by atoms with E-state index in [9.17, 15) is 4.79 Å². The molecule has 1 saturated carbocycles. The molecule has 4 heteroatoms. The standard InChI is InChI=1S/C21H41N3O/c1-20(2,3)17-12-16(13-17)14-23(7)18-8-10-24(11-9-18)15-19(25)22-21(4,5)6/h16-18H,8-15H2,1-7H3,(H,22,25). The zero-order valence-electron chi connectivity index (χ0n) is 17.7. The first-order valence-corrected chi connectivity index (χ1v) is 10.2. The van der Waals surface area contributed by atoms with Gasteiger partial charge in [-0.2, -0.15) is 0 Å². The molecule has 1 N–H and O–H groups in total. The minimum atomic E-state index is -0.136. The first-order chi connectivity index (χ1) is 11.4. The number of carbonyl (C=O) groups excluding carboxylic acids is 1. The Labute approximate surface area is 155 Å². The lowest BCUT2D eigenvalue weighted by molar-refractivity contribution is -0.124. The number of rotatable bonds is 5. The van der Waals surface area contributed by atoms with Gasteiger partial charge in [0, 0.05) is 31.2 Å². The molecule has 1 amide bonds. The summed E-state index contributed by atoms with van der Waals surface area (Å²) in [7, 11) is 2.30. The molecule has 1 saturated heterocycles. The number of carbonyl (C=O) groups is 1. The second-order valence-corrected chi connectivity index (χ2v) is 10.6. The Morgan fingerprint density at radius 1 is 1.08 bits per heavy atom. The molecule has 0 atom stereocenters. The second kappa shape index (κ2) is 7.96. The molecule has 0 bridgehead atoms. The fraction of sp³-hybridized carbons (Fsp3) is 0.952. The molecule has 0 aromatic carbocycles. The Morgan fingerprint density at radius 2 is 1.64 bits per heavy atom. The monoisotopic (exact) mass is 351 g/mol. The number of nitrogens with one attached hydrogen (secondary N) is 1. The molecule has 2 rings (SSSR count). The predicted molar refractivity (Wildman–Crippen MR) is 106 cm³/mol. The van der Waals surface area contributed by atoms with Crippen LogP contribution in [0.15, 0.2) is 0 Å². The third-order valence-corrected chi connectivity index (χ3v) is 6.07. The van der Waals surface area contributed by atoms with Crippen LogP contribution < -0.4 is 5.32 Å². The molecule has 1 aliphatic carbocycles. The van der Waals surface area contributed by atoms with Gasteiger partial charge in [-0.25, -0.2) is 0 Å². The second-order valence-electron chi connectivity index (χ2n) is 10.6. The van der Waals surface area contributed by atoms with Crippen molar-refractivity contribution in [2.24, 2.45) is 17.3 Å². The highest BCUT2D eigenvalue weighted by molar-refractivity contribution is 5.78. The SMILES string of the molecule is CN(CC1CC(C(C)(C)C)C1)C1CCN(CC(=O)NC(C)(C)C)CC1. The maximum atomic E-state index is 12.1. The average molecular weight is 352 g/mol. The maximum Gasteiger partial charge on any atom is 0.234 e. The highest BCUT2D eigenvalue weighted by atomic mass is 16.2. The highest BCUT2D eigenvalue weighted by Gasteiger charge is 2.38. The van der Waals surface area contributed by atoms with Gasteiger partial charge in [-0.1, -0.05) is 20.8 Å². The first-order valence-electron chi connectivity index (χ1n) is 10.2. The van der Waals surface area contributed by atoms with Gasteiger partial charge < -0.3 is 10.2 Å². The summed E-state index contributed by atoms with van der Waals surface area (Å²) in [5, 5.41) is 3.07. The van der Waals surface area contributed by atoms with E-state index < -0.39 is 0 Å². The Balaban J connectivity index is 1.66. The van der Waals surface area contributed by atoms with Crippen LogP contribution in [-0.2, 0) is 4.79 Å². The van der Waals surface area contributed by atoms with E-state index in [1.165, 1.54) is 32.2 Å². The van der Waals surface area contributed by atoms with Crippen LogP contribution in [0.25, 0.3) is 0 Å². The van der Waals surface area contributed by atoms with E-state index in [0.717, 1.165) is 24.9 Å². The number of amides is 1. The average Bonchev–Trinajstić information content (AvgIpc) is 2.39. The van der Waals surface area contributed by atoms with Crippen molar-refractivity contribution in [3.63, 3.8) is 0 Å². The number of hydrogen-bond donors (Lipinski definition) is 1. The van der Waals surface area contributed by atoms with E-state index in [0.29, 0.717) is 18.0 Å². The minimum Gasteiger partial charge on any atom is -0.350 e. The summed E-state index contributed by atoms with van der Waals surface area (Å²) in [5.74, 6) is 1.96. The quantitative estimate of drug-likeness (QED) is 0.825. The summed E-state index contributed by atoms with van der Waals surface area (Å²) < 4.78 is 0. The highest BCUT2D eigenvalue weighted by Crippen LogP contribution is 2.45. The molecule has 2 aliphatic rings. The van der Waals surface area contributed by atoms with E-state index >= 15 is 0 Å². The van der Waals surface area contributed by atoms with Crippen molar-refractivity contribution in [3.05, 3.63) is 0 Å². The zero-order chi connectivity index (χ0) is 18.8. The van der Waals surface area contributed by atoms with Gasteiger partial charge in [-0.15, -0.1) is 0 Å². The lowest BCUT2D eigenvalue weighted by atomic mass is 9.63. The van der Waals surface area contributed by atoms with Gasteiger partial charge in [0.25, 0.3) is 0 Å². The van der Waals surface area contributed by atoms with Crippen LogP contribution in [0.5, 0.6) is 0 Å². The fourth-order valence-electron chi connectivity index (χ4n) is 4.33. The summed E-state index contributed by atoms with van der Waals surface area (Å²) in [4.78, 5) is 17.0. The predicted octanol–water partition coefficient (Wildman–Crippen LogP) is 3.37. The lowest BCUT2D eigenvalue weighted by Gasteiger charge is -2.46. The third-order valence-electron chi connectivity index (χ3n) is 6.07. The maximum absolute atomic E-state index is 12.1.